The summed E-state index contributed by atoms with van der Waals surface area (Å²) in [5, 5.41) is 9.87. The number of thiophene rings is 1. The number of β-amino-alcohol motifs (C(OH)–C–C–N with tert-alkyl or cyclic N) is 1. The van der Waals surface area contributed by atoms with Crippen molar-refractivity contribution in [1.82, 2.24) is 4.90 Å². The highest BCUT2D eigenvalue weighted by Crippen LogP contribution is 2.49. The number of hydrogen-bond acceptors (Lipinski definition) is 6. The number of rotatable bonds is 3. The summed E-state index contributed by atoms with van der Waals surface area (Å²) in [6, 6.07) is 1.20. The zero-order valence-electron chi connectivity index (χ0n) is 14.6. The van der Waals surface area contributed by atoms with Crippen LogP contribution in [0, 0.1) is 0 Å². The standard InChI is InChI=1S/C17H22F3NO4S/c1-10-8-16(4-5-21(10)9-12(22)15(23)24-2)14-11(3-6-25-16)7-13(26-14)17(18,19)20/h7,10,12,22H,3-6,8-9H2,1-2H3/t10-,12-,16+/m0/s1. The van der Waals surface area contributed by atoms with Gasteiger partial charge in [-0.1, -0.05) is 0 Å². The van der Waals surface area contributed by atoms with E-state index in [1.165, 1.54) is 13.2 Å². The third kappa shape index (κ3) is 3.62. The summed E-state index contributed by atoms with van der Waals surface area (Å²) in [6.45, 7) is 2.99. The van der Waals surface area contributed by atoms with Gasteiger partial charge < -0.3 is 14.6 Å². The van der Waals surface area contributed by atoms with Crippen LogP contribution in [-0.4, -0.2) is 54.9 Å². The summed E-state index contributed by atoms with van der Waals surface area (Å²) in [7, 11) is 1.21. The fourth-order valence-electron chi connectivity index (χ4n) is 3.86. The lowest BCUT2D eigenvalue weighted by atomic mass is 9.82. The lowest BCUT2D eigenvalue weighted by Gasteiger charge is -2.47. The molecule has 0 unspecified atom stereocenters. The molecule has 0 aromatic carbocycles. The lowest BCUT2D eigenvalue weighted by Crippen LogP contribution is -2.52. The molecule has 0 amide bonds. The molecule has 26 heavy (non-hydrogen) atoms. The number of alkyl halides is 3. The Balaban J connectivity index is 1.78. The molecule has 3 heterocycles. The van der Waals surface area contributed by atoms with E-state index >= 15 is 0 Å². The second-order valence-corrected chi connectivity index (χ2v) is 7.94. The van der Waals surface area contributed by atoms with Gasteiger partial charge in [-0.2, -0.15) is 13.2 Å². The fraction of sp³-hybridized carbons (Fsp3) is 0.706. The van der Waals surface area contributed by atoms with Gasteiger partial charge >= 0.3 is 12.1 Å². The van der Waals surface area contributed by atoms with Crippen LogP contribution in [0.2, 0.25) is 0 Å². The Morgan fingerprint density at radius 3 is 2.92 bits per heavy atom. The topological polar surface area (TPSA) is 59.0 Å². The molecule has 9 heteroatoms. The number of likely N-dealkylation sites (tertiary alicyclic amines) is 1. The van der Waals surface area contributed by atoms with Crippen LogP contribution in [-0.2, 0) is 32.5 Å². The van der Waals surface area contributed by atoms with E-state index in [1.807, 2.05) is 11.8 Å². The molecule has 0 bridgehead atoms. The molecule has 1 fully saturated rings. The summed E-state index contributed by atoms with van der Waals surface area (Å²) in [5.74, 6) is -0.693. The minimum absolute atomic E-state index is 0.0505. The molecule has 1 aromatic heterocycles. The summed E-state index contributed by atoms with van der Waals surface area (Å²) in [6.07, 6.45) is -4.05. The first kappa shape index (κ1) is 19.6. The Hall–Kier alpha value is -1.16. The number of piperidine rings is 1. The number of carbonyl (C=O) groups excluding carboxylic acids is 1. The zero-order valence-corrected chi connectivity index (χ0v) is 15.5. The van der Waals surface area contributed by atoms with E-state index in [1.54, 1.807) is 0 Å². The predicted octanol–water partition coefficient (Wildman–Crippen LogP) is 2.55. The van der Waals surface area contributed by atoms with Crippen molar-refractivity contribution in [3.63, 3.8) is 0 Å². The van der Waals surface area contributed by atoms with Crippen molar-refractivity contribution in [2.45, 2.75) is 50.1 Å². The molecule has 1 aromatic rings. The molecule has 0 saturated carbocycles. The third-order valence-corrected chi connectivity index (χ3v) is 6.59. The number of nitrogens with zero attached hydrogens (tertiary/aromatic N) is 1. The van der Waals surface area contributed by atoms with Crippen molar-refractivity contribution in [3.05, 3.63) is 21.4 Å². The van der Waals surface area contributed by atoms with Crippen LogP contribution in [0.4, 0.5) is 13.2 Å². The van der Waals surface area contributed by atoms with Gasteiger partial charge in [0.2, 0.25) is 0 Å². The molecule has 1 saturated heterocycles. The second-order valence-electron chi connectivity index (χ2n) is 6.89. The van der Waals surface area contributed by atoms with Gasteiger partial charge in [-0.15, -0.1) is 11.3 Å². The quantitative estimate of drug-likeness (QED) is 0.800. The van der Waals surface area contributed by atoms with Crippen molar-refractivity contribution < 1.29 is 32.5 Å². The second kappa shape index (κ2) is 7.10. The molecule has 0 aliphatic carbocycles. The monoisotopic (exact) mass is 393 g/mol. The van der Waals surface area contributed by atoms with Gasteiger partial charge in [0.25, 0.3) is 0 Å². The zero-order chi connectivity index (χ0) is 19.1. The van der Waals surface area contributed by atoms with Crippen LogP contribution in [0.3, 0.4) is 0 Å². The number of fused-ring (bicyclic) bond motifs is 2. The highest BCUT2D eigenvalue weighted by Gasteiger charge is 2.47. The van der Waals surface area contributed by atoms with Gasteiger partial charge in [0.1, 0.15) is 10.5 Å². The maximum Gasteiger partial charge on any atom is 0.425 e. The summed E-state index contributed by atoms with van der Waals surface area (Å²) in [4.78, 5) is 13.5. The molecule has 3 rings (SSSR count). The van der Waals surface area contributed by atoms with Gasteiger partial charge in [0, 0.05) is 24.0 Å². The summed E-state index contributed by atoms with van der Waals surface area (Å²) in [5.41, 5.74) is 0.0114. The van der Waals surface area contributed by atoms with Gasteiger partial charge in [0.15, 0.2) is 6.10 Å². The Kier molecular flexibility index (Phi) is 5.35. The molecular weight excluding hydrogens is 371 g/mol. The molecule has 5 nitrogen and oxygen atoms in total. The fourth-order valence-corrected chi connectivity index (χ4v) is 5.12. The van der Waals surface area contributed by atoms with E-state index in [0.29, 0.717) is 37.3 Å². The van der Waals surface area contributed by atoms with E-state index in [-0.39, 0.29) is 12.6 Å². The van der Waals surface area contributed by atoms with E-state index in [4.69, 9.17) is 4.74 Å². The SMILES string of the molecule is COC(=O)[C@@H](O)CN1CC[C@]2(C[C@@H]1C)OCCc1cc(C(F)(F)F)sc12. The number of aliphatic hydroxyl groups excluding tert-OH is 1. The Bertz CT molecular complexity index is 677. The first-order chi connectivity index (χ1) is 12.2. The number of halogens is 3. The van der Waals surface area contributed by atoms with Gasteiger partial charge in [-0.3, -0.25) is 4.90 Å². The van der Waals surface area contributed by atoms with Crippen molar-refractivity contribution >= 4 is 17.3 Å². The molecule has 1 N–H and O–H groups in total. The van der Waals surface area contributed by atoms with Crippen molar-refractivity contribution in [3.8, 4) is 0 Å². The van der Waals surface area contributed by atoms with Crippen LogP contribution in [0.1, 0.15) is 35.1 Å². The maximum absolute atomic E-state index is 13.1. The maximum atomic E-state index is 13.1. The third-order valence-electron chi connectivity index (χ3n) is 5.18. The number of esters is 1. The van der Waals surface area contributed by atoms with Crippen molar-refractivity contribution in [2.75, 3.05) is 26.8 Å². The number of methoxy groups -OCH3 is 1. The first-order valence-corrected chi connectivity index (χ1v) is 9.32. The van der Waals surface area contributed by atoms with Crippen LogP contribution in [0.15, 0.2) is 6.07 Å². The van der Waals surface area contributed by atoms with Crippen LogP contribution >= 0.6 is 11.3 Å². The molecular formula is C17H22F3NO4S. The Morgan fingerprint density at radius 2 is 2.31 bits per heavy atom. The van der Waals surface area contributed by atoms with Crippen LogP contribution in [0.25, 0.3) is 0 Å². The lowest BCUT2D eigenvalue weighted by molar-refractivity contribution is -0.153. The highest BCUT2D eigenvalue weighted by atomic mass is 32.1. The van der Waals surface area contributed by atoms with Crippen LogP contribution < -0.4 is 0 Å². The number of aliphatic hydroxyl groups is 1. The molecule has 1 spiro atoms. The first-order valence-electron chi connectivity index (χ1n) is 8.50. The molecule has 2 aliphatic rings. The normalized spacial score (nSPS) is 28.0. The van der Waals surface area contributed by atoms with Gasteiger partial charge in [-0.05, 0) is 37.8 Å². The molecule has 146 valence electrons. The molecule has 2 aliphatic heterocycles. The molecule has 3 atom stereocenters. The van der Waals surface area contributed by atoms with E-state index in [0.717, 1.165) is 16.9 Å². The number of hydrogen-bond donors (Lipinski definition) is 1. The smallest absolute Gasteiger partial charge is 0.425 e. The van der Waals surface area contributed by atoms with E-state index < -0.39 is 28.7 Å². The highest BCUT2D eigenvalue weighted by molar-refractivity contribution is 7.12. The van der Waals surface area contributed by atoms with Crippen molar-refractivity contribution in [1.29, 1.82) is 0 Å². The average Bonchev–Trinajstić information content (AvgIpc) is 3.03. The summed E-state index contributed by atoms with van der Waals surface area (Å²) < 4.78 is 49.9. The van der Waals surface area contributed by atoms with Gasteiger partial charge in [0.05, 0.1) is 13.7 Å². The van der Waals surface area contributed by atoms with E-state index in [2.05, 4.69) is 4.74 Å². The summed E-state index contributed by atoms with van der Waals surface area (Å²) >= 11 is 0.781. The number of carbonyl (C=O) groups is 1. The minimum atomic E-state index is -4.35. The minimum Gasteiger partial charge on any atom is -0.467 e. The largest absolute Gasteiger partial charge is 0.467 e. The Morgan fingerprint density at radius 1 is 1.58 bits per heavy atom. The average molecular weight is 393 g/mol. The Labute approximate surface area is 153 Å². The molecule has 0 radical (unpaired) electrons. The van der Waals surface area contributed by atoms with Crippen LogP contribution in [0.5, 0.6) is 0 Å². The van der Waals surface area contributed by atoms with Crippen molar-refractivity contribution in [2.24, 2.45) is 0 Å². The number of ether oxygens (including phenoxy) is 2. The van der Waals surface area contributed by atoms with Gasteiger partial charge in [-0.25, -0.2) is 4.79 Å². The van der Waals surface area contributed by atoms with E-state index in [9.17, 15) is 23.1 Å². The predicted molar refractivity (Wildman–Crippen MR) is 88.9 cm³/mol.